The first-order chi connectivity index (χ1) is 13.3. The Kier molecular flexibility index (Phi) is 2.65. The molecular weight excluding hydrogens is 340 g/mol. The van der Waals surface area contributed by atoms with Crippen molar-refractivity contribution in [2.45, 2.75) is 42.9 Å². The van der Waals surface area contributed by atoms with E-state index in [1.165, 1.54) is 30.6 Å². The normalized spacial score (nSPS) is 42.4. The zero-order chi connectivity index (χ0) is 17.9. The predicted octanol–water partition coefficient (Wildman–Crippen LogP) is 2.54. The van der Waals surface area contributed by atoms with Crippen molar-refractivity contribution in [2.75, 3.05) is 38.8 Å². The fourth-order valence-corrected chi connectivity index (χ4v) is 7.81. The van der Waals surface area contributed by atoms with Crippen LogP contribution in [-0.2, 0) is 10.2 Å². The lowest BCUT2D eigenvalue weighted by Gasteiger charge is -2.61. The molecule has 6 atom stereocenters. The van der Waals surface area contributed by atoms with E-state index in [-0.39, 0.29) is 5.41 Å². The van der Waals surface area contributed by atoms with Gasteiger partial charge in [-0.3, -0.25) is 4.90 Å². The van der Waals surface area contributed by atoms with Gasteiger partial charge in [0.15, 0.2) is 11.5 Å². The van der Waals surface area contributed by atoms with Crippen molar-refractivity contribution in [3.8, 4) is 11.5 Å². The SMILES string of the molecule is COc1cc2c(cc1OC)[C@]13CCN4CC5=CO[C@H]6CCN2[C@@H]1[C@@H]6[C@@H]5C[C@@H]43. The molecule has 0 amide bonds. The molecule has 1 aromatic rings. The molecule has 7 rings (SSSR count). The van der Waals surface area contributed by atoms with E-state index in [4.69, 9.17) is 14.2 Å². The Labute approximate surface area is 159 Å². The highest BCUT2D eigenvalue weighted by Gasteiger charge is 2.70. The average Bonchev–Trinajstić information content (AvgIpc) is 3.24. The molecule has 1 spiro atoms. The van der Waals surface area contributed by atoms with Gasteiger partial charge in [0, 0.05) is 54.7 Å². The largest absolute Gasteiger partial charge is 0.498 e. The Hall–Kier alpha value is -1.88. The van der Waals surface area contributed by atoms with E-state index < -0.39 is 0 Å². The van der Waals surface area contributed by atoms with E-state index in [1.807, 2.05) is 0 Å². The van der Waals surface area contributed by atoms with Gasteiger partial charge < -0.3 is 19.1 Å². The third-order valence-electron chi connectivity index (χ3n) is 8.67. The van der Waals surface area contributed by atoms with Gasteiger partial charge in [-0.05, 0) is 42.5 Å². The third kappa shape index (κ3) is 1.52. The molecular formula is C22H26N2O3. The first kappa shape index (κ1) is 15.1. The Bertz CT molecular complexity index is 883. The average molecular weight is 366 g/mol. The summed E-state index contributed by atoms with van der Waals surface area (Å²) in [5.74, 6) is 3.06. The number of hydrogen-bond acceptors (Lipinski definition) is 5. The minimum atomic E-state index is 0.223. The van der Waals surface area contributed by atoms with Gasteiger partial charge in [-0.15, -0.1) is 0 Å². The molecule has 1 aliphatic carbocycles. The van der Waals surface area contributed by atoms with E-state index >= 15 is 0 Å². The van der Waals surface area contributed by atoms with Gasteiger partial charge in [-0.25, -0.2) is 0 Å². The van der Waals surface area contributed by atoms with E-state index in [1.54, 1.807) is 19.8 Å². The van der Waals surface area contributed by atoms with Crippen molar-refractivity contribution in [1.82, 2.24) is 4.90 Å². The lowest BCUT2D eigenvalue weighted by Crippen LogP contribution is -2.69. The molecule has 1 aromatic carbocycles. The highest BCUT2D eigenvalue weighted by Crippen LogP contribution is 2.66. The molecule has 6 aliphatic rings. The van der Waals surface area contributed by atoms with Crippen LogP contribution in [0.1, 0.15) is 24.8 Å². The van der Waals surface area contributed by atoms with E-state index in [0.29, 0.717) is 30.0 Å². The monoisotopic (exact) mass is 366 g/mol. The second-order valence-corrected chi connectivity index (χ2v) is 9.21. The van der Waals surface area contributed by atoms with Gasteiger partial charge in [0.05, 0.1) is 20.5 Å². The van der Waals surface area contributed by atoms with Crippen LogP contribution < -0.4 is 14.4 Å². The standard InChI is InChI=1S/C22H26N2O3/c1-25-17-8-14-15(9-18(17)26-2)24-5-3-16-20-13-7-19-22(14,21(20)24)4-6-23(19)10-12(13)11-27-16/h8-9,11,13,16,19-21H,3-7,10H2,1-2H3/t13-,16+,19-,20-,21-,22+/m1/s1. The molecule has 0 radical (unpaired) electrons. The fraction of sp³-hybridized carbons (Fsp3) is 0.636. The molecule has 0 N–H and O–H groups in total. The highest BCUT2D eigenvalue weighted by molar-refractivity contribution is 5.72. The summed E-state index contributed by atoms with van der Waals surface area (Å²) in [6, 6.07) is 5.76. The van der Waals surface area contributed by atoms with Gasteiger partial charge in [0.1, 0.15) is 6.10 Å². The zero-order valence-electron chi connectivity index (χ0n) is 16.0. The molecule has 142 valence electrons. The van der Waals surface area contributed by atoms with Crippen molar-refractivity contribution >= 4 is 5.69 Å². The Morgan fingerprint density at radius 1 is 1.15 bits per heavy atom. The van der Waals surface area contributed by atoms with Crippen LogP contribution in [0.5, 0.6) is 11.5 Å². The highest BCUT2D eigenvalue weighted by atomic mass is 16.5. The molecule has 3 saturated heterocycles. The van der Waals surface area contributed by atoms with Crippen LogP contribution in [0.3, 0.4) is 0 Å². The number of ether oxygens (including phenoxy) is 3. The summed E-state index contributed by atoms with van der Waals surface area (Å²) in [7, 11) is 3.50. The molecule has 2 bridgehead atoms. The van der Waals surface area contributed by atoms with Crippen LogP contribution in [0.25, 0.3) is 0 Å². The maximum atomic E-state index is 6.32. The van der Waals surface area contributed by atoms with Gasteiger partial charge >= 0.3 is 0 Å². The number of benzene rings is 1. The minimum absolute atomic E-state index is 0.223. The molecule has 5 aliphatic heterocycles. The van der Waals surface area contributed by atoms with Crippen LogP contribution in [0, 0.1) is 11.8 Å². The van der Waals surface area contributed by atoms with Crippen LogP contribution in [0.2, 0.25) is 0 Å². The molecule has 0 unspecified atom stereocenters. The first-order valence-corrected chi connectivity index (χ1v) is 10.4. The van der Waals surface area contributed by atoms with Gasteiger partial charge in [-0.2, -0.15) is 0 Å². The van der Waals surface area contributed by atoms with Gasteiger partial charge in [-0.1, -0.05) is 0 Å². The van der Waals surface area contributed by atoms with Gasteiger partial charge in [0.25, 0.3) is 0 Å². The van der Waals surface area contributed by atoms with Crippen LogP contribution in [-0.4, -0.2) is 56.9 Å². The Morgan fingerprint density at radius 2 is 2.00 bits per heavy atom. The Balaban J connectivity index is 1.51. The van der Waals surface area contributed by atoms with Crippen LogP contribution in [0.15, 0.2) is 24.0 Å². The Morgan fingerprint density at radius 3 is 2.85 bits per heavy atom. The number of piperidine rings is 2. The zero-order valence-corrected chi connectivity index (χ0v) is 16.0. The number of rotatable bonds is 2. The van der Waals surface area contributed by atoms with Crippen LogP contribution >= 0.6 is 0 Å². The molecule has 5 nitrogen and oxygen atoms in total. The lowest BCUT2D eigenvalue weighted by molar-refractivity contribution is -0.0632. The smallest absolute Gasteiger partial charge is 0.162 e. The molecule has 0 aromatic heterocycles. The quantitative estimate of drug-likeness (QED) is 0.804. The fourth-order valence-electron chi connectivity index (χ4n) is 7.81. The van der Waals surface area contributed by atoms with Crippen molar-refractivity contribution in [3.63, 3.8) is 0 Å². The summed E-state index contributed by atoms with van der Waals surface area (Å²) < 4.78 is 17.7. The number of methoxy groups -OCH3 is 2. The summed E-state index contributed by atoms with van der Waals surface area (Å²) in [6.07, 6.45) is 6.21. The lowest BCUT2D eigenvalue weighted by atomic mass is 9.53. The third-order valence-corrected chi connectivity index (χ3v) is 8.67. The molecule has 5 heterocycles. The van der Waals surface area contributed by atoms with Crippen molar-refractivity contribution < 1.29 is 14.2 Å². The number of hydrogen-bond donors (Lipinski definition) is 0. The van der Waals surface area contributed by atoms with Crippen molar-refractivity contribution in [1.29, 1.82) is 0 Å². The van der Waals surface area contributed by atoms with Crippen molar-refractivity contribution in [3.05, 3.63) is 29.5 Å². The minimum Gasteiger partial charge on any atom is -0.498 e. The summed E-state index contributed by atoms with van der Waals surface area (Å²) >= 11 is 0. The first-order valence-electron chi connectivity index (χ1n) is 10.4. The number of nitrogens with zero attached hydrogens (tertiary/aromatic N) is 2. The number of fused-ring (bicyclic) bond motifs is 2. The molecule has 27 heavy (non-hydrogen) atoms. The summed E-state index contributed by atoms with van der Waals surface area (Å²) in [4.78, 5) is 5.46. The summed E-state index contributed by atoms with van der Waals surface area (Å²) in [5.41, 5.74) is 4.67. The predicted molar refractivity (Wildman–Crippen MR) is 102 cm³/mol. The maximum Gasteiger partial charge on any atom is 0.162 e. The molecule has 1 saturated carbocycles. The van der Waals surface area contributed by atoms with Gasteiger partial charge in [0.2, 0.25) is 0 Å². The summed E-state index contributed by atoms with van der Waals surface area (Å²) in [6.45, 7) is 3.39. The van der Waals surface area contributed by atoms with E-state index in [2.05, 4.69) is 28.2 Å². The van der Waals surface area contributed by atoms with E-state index in [9.17, 15) is 0 Å². The topological polar surface area (TPSA) is 34.2 Å². The second kappa shape index (κ2) is 4.75. The second-order valence-electron chi connectivity index (χ2n) is 9.21. The molecule has 4 fully saturated rings. The van der Waals surface area contributed by atoms with Crippen LogP contribution in [0.4, 0.5) is 5.69 Å². The van der Waals surface area contributed by atoms with E-state index in [0.717, 1.165) is 31.0 Å². The maximum absolute atomic E-state index is 6.32. The summed E-state index contributed by atoms with van der Waals surface area (Å²) in [5, 5.41) is 0. The molecule has 5 heteroatoms. The number of anilines is 1. The van der Waals surface area contributed by atoms with Crippen molar-refractivity contribution in [2.24, 2.45) is 11.8 Å².